The van der Waals surface area contributed by atoms with Crippen LogP contribution in [0.2, 0.25) is 0 Å². The molecule has 1 heterocycles. The monoisotopic (exact) mass is 379 g/mol. The van der Waals surface area contributed by atoms with Gasteiger partial charge in [-0.3, -0.25) is 0 Å². The Morgan fingerprint density at radius 2 is 1.73 bits per heavy atom. The number of anilines is 1. The van der Waals surface area contributed by atoms with E-state index in [0.717, 1.165) is 12.8 Å². The van der Waals surface area contributed by atoms with Crippen LogP contribution in [0.3, 0.4) is 0 Å². The number of rotatable bonds is 4. The van der Waals surface area contributed by atoms with Gasteiger partial charge in [-0.05, 0) is 31.0 Å². The maximum atomic E-state index is 12.7. The van der Waals surface area contributed by atoms with Crippen molar-refractivity contribution in [3.8, 4) is 0 Å². The Morgan fingerprint density at radius 3 is 2.35 bits per heavy atom. The second-order valence-electron chi connectivity index (χ2n) is 6.86. The molecule has 26 heavy (non-hydrogen) atoms. The highest BCUT2D eigenvalue weighted by molar-refractivity contribution is 7.92. The van der Waals surface area contributed by atoms with E-state index in [-0.39, 0.29) is 15.7 Å². The molecule has 1 aromatic rings. The highest BCUT2D eigenvalue weighted by atomic mass is 32.2. The fraction of sp³-hybridized carbons (Fsp3) is 0.444. The number of nitrogens with one attached hydrogen (secondary N) is 1. The summed E-state index contributed by atoms with van der Waals surface area (Å²) >= 11 is 0. The van der Waals surface area contributed by atoms with Crippen molar-refractivity contribution in [3.63, 3.8) is 0 Å². The molecule has 1 aliphatic heterocycles. The molecular formula is C18H21NO6S. The van der Waals surface area contributed by atoms with Gasteiger partial charge < -0.3 is 14.8 Å². The predicted molar refractivity (Wildman–Crippen MR) is 93.9 cm³/mol. The molecular weight excluding hydrogens is 358 g/mol. The molecule has 1 aliphatic carbocycles. The predicted octanol–water partition coefficient (Wildman–Crippen LogP) is 2.53. The average molecular weight is 379 g/mol. The van der Waals surface area contributed by atoms with Crippen molar-refractivity contribution >= 4 is 27.5 Å². The number of sulfone groups is 1. The normalized spacial score (nSPS) is 20.5. The second kappa shape index (κ2) is 6.75. The van der Waals surface area contributed by atoms with Crippen LogP contribution in [0.25, 0.3) is 0 Å². The van der Waals surface area contributed by atoms with Crippen LogP contribution >= 0.6 is 0 Å². The van der Waals surface area contributed by atoms with Gasteiger partial charge in [0, 0.05) is 25.7 Å². The molecule has 2 aliphatic rings. The Hall–Kier alpha value is -2.35. The van der Waals surface area contributed by atoms with Crippen molar-refractivity contribution in [3.05, 3.63) is 36.0 Å². The smallest absolute Gasteiger partial charge is 0.350 e. The zero-order valence-electron chi connectivity index (χ0n) is 14.7. The number of hydrogen-bond acceptors (Lipinski definition) is 7. The van der Waals surface area contributed by atoms with E-state index in [1.165, 1.54) is 26.1 Å². The lowest BCUT2D eigenvalue weighted by atomic mass is 10.2. The number of carbonyl (C=O) groups is 2. The molecule has 0 radical (unpaired) electrons. The molecule has 1 saturated heterocycles. The summed E-state index contributed by atoms with van der Waals surface area (Å²) in [5.41, 5.74) is 0.162. The maximum absolute atomic E-state index is 12.7. The van der Waals surface area contributed by atoms with Gasteiger partial charge in [0.25, 0.3) is 5.79 Å². The third-order valence-electron chi connectivity index (χ3n) is 4.40. The summed E-state index contributed by atoms with van der Waals surface area (Å²) < 4.78 is 35.4. The zero-order valence-corrected chi connectivity index (χ0v) is 15.5. The highest BCUT2D eigenvalue weighted by Crippen LogP contribution is 2.30. The van der Waals surface area contributed by atoms with E-state index in [9.17, 15) is 18.0 Å². The molecule has 0 aromatic heterocycles. The highest BCUT2D eigenvalue weighted by Gasteiger charge is 2.39. The molecule has 0 unspecified atom stereocenters. The molecule has 0 amide bonds. The fourth-order valence-corrected chi connectivity index (χ4v) is 4.99. The number of ether oxygens (including phenoxy) is 2. The molecule has 8 heteroatoms. The Balaban J connectivity index is 1.79. The van der Waals surface area contributed by atoms with Crippen molar-refractivity contribution in [1.29, 1.82) is 0 Å². The van der Waals surface area contributed by atoms with E-state index in [1.807, 2.05) is 0 Å². The minimum absolute atomic E-state index is 0.225. The number of benzene rings is 1. The Morgan fingerprint density at radius 1 is 1.12 bits per heavy atom. The molecule has 2 fully saturated rings. The van der Waals surface area contributed by atoms with Crippen LogP contribution < -0.4 is 5.32 Å². The summed E-state index contributed by atoms with van der Waals surface area (Å²) in [5.74, 6) is -2.90. The Kier molecular flexibility index (Phi) is 4.79. The SMILES string of the molecule is CC1(C)OC(=O)C(=CNc2cccc(S(=O)(=O)C3CCCC3)c2)C(=O)O1. The van der Waals surface area contributed by atoms with Gasteiger partial charge in [-0.25, -0.2) is 18.0 Å². The molecule has 0 bridgehead atoms. The summed E-state index contributed by atoms with van der Waals surface area (Å²) in [7, 11) is -3.39. The number of cyclic esters (lactones) is 2. The van der Waals surface area contributed by atoms with Gasteiger partial charge in [0.1, 0.15) is 0 Å². The lowest BCUT2D eigenvalue weighted by molar-refractivity contribution is -0.222. The summed E-state index contributed by atoms with van der Waals surface area (Å²) in [6, 6.07) is 6.31. The molecule has 3 rings (SSSR count). The van der Waals surface area contributed by atoms with E-state index < -0.39 is 27.6 Å². The Bertz CT molecular complexity index is 843. The van der Waals surface area contributed by atoms with Gasteiger partial charge in [0.15, 0.2) is 15.4 Å². The van der Waals surface area contributed by atoms with Gasteiger partial charge in [-0.1, -0.05) is 18.9 Å². The molecule has 0 atom stereocenters. The van der Waals surface area contributed by atoms with Crippen LogP contribution in [-0.2, 0) is 28.9 Å². The van der Waals surface area contributed by atoms with Crippen molar-refractivity contribution in [2.24, 2.45) is 0 Å². The Labute approximate surface area is 152 Å². The quantitative estimate of drug-likeness (QED) is 0.487. The summed E-state index contributed by atoms with van der Waals surface area (Å²) in [6.45, 7) is 2.93. The van der Waals surface area contributed by atoms with E-state index in [2.05, 4.69) is 5.32 Å². The second-order valence-corrected chi connectivity index (χ2v) is 9.09. The molecule has 1 aromatic carbocycles. The first-order valence-corrected chi connectivity index (χ1v) is 10.0. The van der Waals surface area contributed by atoms with Crippen LogP contribution in [0.15, 0.2) is 40.9 Å². The van der Waals surface area contributed by atoms with E-state index in [0.29, 0.717) is 18.5 Å². The molecule has 0 spiro atoms. The third kappa shape index (κ3) is 3.75. The van der Waals surface area contributed by atoms with Gasteiger partial charge in [-0.15, -0.1) is 0 Å². The van der Waals surface area contributed by atoms with Crippen molar-refractivity contribution in [1.82, 2.24) is 0 Å². The number of hydrogen-bond donors (Lipinski definition) is 1. The summed E-state index contributed by atoms with van der Waals surface area (Å²) in [4.78, 5) is 24.1. The van der Waals surface area contributed by atoms with Crippen molar-refractivity contribution < 1.29 is 27.5 Å². The number of esters is 2. The minimum Gasteiger partial charge on any atom is -0.419 e. The van der Waals surface area contributed by atoms with Crippen molar-refractivity contribution in [2.45, 2.75) is 55.5 Å². The summed E-state index contributed by atoms with van der Waals surface area (Å²) in [6.07, 6.45) is 4.37. The third-order valence-corrected chi connectivity index (χ3v) is 6.66. The number of carbonyl (C=O) groups excluding carboxylic acids is 2. The molecule has 7 nitrogen and oxygen atoms in total. The first-order chi connectivity index (χ1) is 12.2. The van der Waals surface area contributed by atoms with Crippen LogP contribution in [0, 0.1) is 0 Å². The van der Waals surface area contributed by atoms with E-state index in [4.69, 9.17) is 9.47 Å². The van der Waals surface area contributed by atoms with Crippen LogP contribution in [-0.4, -0.2) is 31.4 Å². The first kappa shape index (κ1) is 18.4. The van der Waals surface area contributed by atoms with Crippen molar-refractivity contribution in [2.75, 3.05) is 5.32 Å². The largest absolute Gasteiger partial charge is 0.419 e. The van der Waals surface area contributed by atoms with Gasteiger partial charge in [-0.2, -0.15) is 0 Å². The minimum atomic E-state index is -3.39. The summed E-state index contributed by atoms with van der Waals surface area (Å²) in [5, 5.41) is 2.43. The van der Waals surface area contributed by atoms with E-state index in [1.54, 1.807) is 18.2 Å². The maximum Gasteiger partial charge on any atom is 0.350 e. The first-order valence-electron chi connectivity index (χ1n) is 8.46. The van der Waals surface area contributed by atoms with Crippen LogP contribution in [0.1, 0.15) is 39.5 Å². The van der Waals surface area contributed by atoms with Gasteiger partial charge >= 0.3 is 11.9 Å². The zero-order chi connectivity index (χ0) is 18.9. The standard InChI is InChI=1S/C18H21NO6S/c1-18(2)24-16(20)15(17(21)25-18)11-19-12-6-5-9-14(10-12)26(22,23)13-7-3-4-8-13/h5-6,9-11,13,19H,3-4,7-8H2,1-2H3. The van der Waals surface area contributed by atoms with Crippen LogP contribution in [0.4, 0.5) is 5.69 Å². The average Bonchev–Trinajstić information content (AvgIpc) is 3.08. The lowest BCUT2D eigenvalue weighted by Gasteiger charge is -2.29. The topological polar surface area (TPSA) is 98.8 Å². The van der Waals surface area contributed by atoms with Gasteiger partial charge in [0.2, 0.25) is 0 Å². The van der Waals surface area contributed by atoms with Gasteiger partial charge in [0.05, 0.1) is 10.1 Å². The molecule has 1 saturated carbocycles. The molecule has 140 valence electrons. The fourth-order valence-electron chi connectivity index (χ4n) is 3.09. The molecule has 1 N–H and O–H groups in total. The van der Waals surface area contributed by atoms with Crippen LogP contribution in [0.5, 0.6) is 0 Å². The van der Waals surface area contributed by atoms with E-state index >= 15 is 0 Å². The lowest BCUT2D eigenvalue weighted by Crippen LogP contribution is -2.42.